The van der Waals surface area contributed by atoms with E-state index in [0.29, 0.717) is 44.0 Å². The predicted octanol–water partition coefficient (Wildman–Crippen LogP) is 3.44. The van der Waals surface area contributed by atoms with Crippen molar-refractivity contribution in [3.63, 3.8) is 0 Å². The summed E-state index contributed by atoms with van der Waals surface area (Å²) in [7, 11) is 0. The van der Waals surface area contributed by atoms with E-state index in [1.807, 2.05) is 33.9 Å². The number of likely N-dealkylation sites (tertiary alicyclic amines) is 1. The number of nitro groups is 1. The summed E-state index contributed by atoms with van der Waals surface area (Å²) < 4.78 is 0. The number of carbonyl (C=O) groups excluding carboxylic acids is 2. The van der Waals surface area contributed by atoms with E-state index in [1.165, 1.54) is 28.3 Å². The molecule has 2 aliphatic heterocycles. The van der Waals surface area contributed by atoms with E-state index >= 15 is 0 Å². The first-order valence-electron chi connectivity index (χ1n) is 12.3. The van der Waals surface area contributed by atoms with Crippen LogP contribution in [0, 0.1) is 10.1 Å². The molecule has 2 amide bonds. The van der Waals surface area contributed by atoms with Gasteiger partial charge in [0.05, 0.1) is 9.80 Å². The van der Waals surface area contributed by atoms with Crippen molar-refractivity contribution >= 4 is 40.2 Å². The first-order chi connectivity index (χ1) is 18.0. The molecule has 3 aromatic rings. The second kappa shape index (κ2) is 11.5. The Morgan fingerprint density at radius 3 is 2.41 bits per heavy atom. The normalized spacial score (nSPS) is 19.9. The predicted molar refractivity (Wildman–Crippen MR) is 144 cm³/mol. The molecule has 4 heterocycles. The largest absolute Gasteiger partial charge is 0.338 e. The minimum atomic E-state index is -0.514. The number of nitrogens with one attached hydrogen (secondary N) is 1. The summed E-state index contributed by atoms with van der Waals surface area (Å²) in [6.07, 6.45) is 0.554. The molecule has 0 aliphatic carbocycles. The Morgan fingerprint density at radius 1 is 1.03 bits per heavy atom. The number of non-ortho nitro benzene ring substituents is 1. The maximum Gasteiger partial charge on any atom is 0.269 e. The van der Waals surface area contributed by atoms with Crippen molar-refractivity contribution in [2.75, 3.05) is 32.7 Å². The van der Waals surface area contributed by atoms with Crippen LogP contribution in [-0.2, 0) is 17.9 Å². The lowest BCUT2D eigenvalue weighted by molar-refractivity contribution is -0.384. The third-order valence-electron chi connectivity index (χ3n) is 6.97. The summed E-state index contributed by atoms with van der Waals surface area (Å²) in [5.41, 5.74) is 1.01. The van der Waals surface area contributed by atoms with Crippen LogP contribution in [0.25, 0.3) is 0 Å². The van der Waals surface area contributed by atoms with Crippen LogP contribution in [0.5, 0.6) is 0 Å². The molecule has 9 nitrogen and oxygen atoms in total. The van der Waals surface area contributed by atoms with Crippen LogP contribution >= 0.6 is 22.7 Å². The average molecular weight is 540 g/mol. The molecule has 2 saturated heterocycles. The van der Waals surface area contributed by atoms with Crippen LogP contribution in [0.2, 0.25) is 0 Å². The molecule has 2 aliphatic rings. The van der Waals surface area contributed by atoms with E-state index in [-0.39, 0.29) is 23.5 Å². The summed E-state index contributed by atoms with van der Waals surface area (Å²) in [5, 5.41) is 18.3. The van der Waals surface area contributed by atoms with Gasteiger partial charge in [0.2, 0.25) is 5.91 Å². The lowest BCUT2D eigenvalue weighted by Crippen LogP contribution is -2.53. The van der Waals surface area contributed by atoms with Gasteiger partial charge in [0, 0.05) is 68.9 Å². The Bertz CT molecular complexity index is 1210. The fourth-order valence-corrected chi connectivity index (χ4v) is 6.46. The van der Waals surface area contributed by atoms with Crippen molar-refractivity contribution in [1.82, 2.24) is 20.0 Å². The highest BCUT2D eigenvalue weighted by atomic mass is 32.1. The number of hydrogen-bond acceptors (Lipinski definition) is 8. The number of benzene rings is 1. The Labute approximate surface area is 223 Å². The van der Waals surface area contributed by atoms with Gasteiger partial charge in [-0.3, -0.25) is 24.6 Å². The van der Waals surface area contributed by atoms with Gasteiger partial charge < -0.3 is 15.1 Å². The summed E-state index contributed by atoms with van der Waals surface area (Å²) in [5.74, 6) is -0.0855. The average Bonchev–Trinajstić information content (AvgIpc) is 3.71. The molecule has 2 fully saturated rings. The van der Waals surface area contributed by atoms with E-state index in [2.05, 4.69) is 16.3 Å². The molecule has 0 bridgehead atoms. The van der Waals surface area contributed by atoms with Crippen molar-refractivity contribution in [3.05, 3.63) is 84.7 Å². The minimum Gasteiger partial charge on any atom is -0.338 e. The lowest BCUT2D eigenvalue weighted by Gasteiger charge is -2.32. The van der Waals surface area contributed by atoms with Crippen LogP contribution < -0.4 is 5.32 Å². The first kappa shape index (κ1) is 25.5. The van der Waals surface area contributed by atoms with Gasteiger partial charge in [-0.15, -0.1) is 22.7 Å². The topological polar surface area (TPSA) is 99.0 Å². The van der Waals surface area contributed by atoms with Crippen LogP contribution in [0.3, 0.4) is 0 Å². The van der Waals surface area contributed by atoms with Gasteiger partial charge in [-0.25, -0.2) is 0 Å². The second-order valence-corrected chi connectivity index (χ2v) is 11.3. The molecule has 2 unspecified atom stereocenters. The Hall–Kier alpha value is -3.12. The fraction of sp³-hybridized carbons (Fsp3) is 0.385. The number of carbonyl (C=O) groups is 2. The van der Waals surface area contributed by atoms with E-state index in [9.17, 15) is 19.7 Å². The van der Waals surface area contributed by atoms with Crippen molar-refractivity contribution < 1.29 is 14.5 Å². The van der Waals surface area contributed by atoms with Gasteiger partial charge in [-0.05, 0) is 34.9 Å². The Morgan fingerprint density at radius 2 is 1.76 bits per heavy atom. The molecule has 1 aromatic carbocycles. The van der Waals surface area contributed by atoms with Crippen LogP contribution in [0.1, 0.15) is 26.5 Å². The maximum absolute atomic E-state index is 13.7. The van der Waals surface area contributed by atoms with Gasteiger partial charge in [-0.2, -0.15) is 0 Å². The summed E-state index contributed by atoms with van der Waals surface area (Å²) in [6, 6.07) is 13.8. The maximum atomic E-state index is 13.7. The van der Waals surface area contributed by atoms with Gasteiger partial charge in [0.15, 0.2) is 0 Å². The first-order valence-corrected chi connectivity index (χ1v) is 14.1. The third-order valence-corrected chi connectivity index (χ3v) is 8.69. The molecule has 194 valence electrons. The number of amides is 2. The summed E-state index contributed by atoms with van der Waals surface area (Å²) in [6.45, 7) is 4.49. The molecule has 11 heteroatoms. The number of nitrogens with zero attached hydrogens (tertiary/aromatic N) is 4. The van der Waals surface area contributed by atoms with Crippen molar-refractivity contribution in [3.8, 4) is 0 Å². The third kappa shape index (κ3) is 5.90. The highest BCUT2D eigenvalue weighted by molar-refractivity contribution is 7.12. The number of nitro benzene ring substituents is 1. The van der Waals surface area contributed by atoms with E-state index < -0.39 is 11.0 Å². The molecule has 0 saturated carbocycles. The van der Waals surface area contributed by atoms with E-state index in [4.69, 9.17) is 0 Å². The van der Waals surface area contributed by atoms with Crippen LogP contribution in [-0.4, -0.2) is 76.2 Å². The molecule has 0 radical (unpaired) electrons. The molecule has 0 spiro atoms. The molecule has 1 N–H and O–H groups in total. The summed E-state index contributed by atoms with van der Waals surface area (Å²) >= 11 is 3.06. The molecule has 2 aromatic heterocycles. The Kier molecular flexibility index (Phi) is 7.94. The number of thiophene rings is 2. The smallest absolute Gasteiger partial charge is 0.269 e. The standard InChI is InChI=1S/C26H29N5O4S2/c32-25(28-11-9-27-10-12-28)23-15-21(17-30(23)26(33)24-4-2-14-37-24)29(18-22-3-1-13-36-22)16-19-5-7-20(8-6-19)31(34)35/h1-8,13-14,21,23,27H,9-12,15-18H2. The lowest BCUT2D eigenvalue weighted by atomic mass is 10.1. The minimum absolute atomic E-state index is 0.0142. The zero-order valence-corrected chi connectivity index (χ0v) is 22.0. The Balaban J connectivity index is 1.41. The van der Waals surface area contributed by atoms with Gasteiger partial charge in [0.1, 0.15) is 6.04 Å². The molecular weight excluding hydrogens is 510 g/mol. The van der Waals surface area contributed by atoms with Crippen molar-refractivity contribution in [1.29, 1.82) is 0 Å². The van der Waals surface area contributed by atoms with Crippen molar-refractivity contribution in [2.24, 2.45) is 0 Å². The summed E-state index contributed by atoms with van der Waals surface area (Å²) in [4.78, 5) is 45.6. The molecule has 37 heavy (non-hydrogen) atoms. The molecular formula is C26H29N5O4S2. The fourth-order valence-electron chi connectivity index (χ4n) is 5.05. The number of hydrogen-bond donors (Lipinski definition) is 1. The van der Waals surface area contributed by atoms with E-state index in [1.54, 1.807) is 28.4 Å². The SMILES string of the molecule is O=C(C1CC(N(Cc2ccc([N+](=O)[O-])cc2)Cc2cccs2)CN1C(=O)c1cccs1)N1CCNCC1. The van der Waals surface area contributed by atoms with Crippen LogP contribution in [0.4, 0.5) is 5.69 Å². The second-order valence-electron chi connectivity index (χ2n) is 9.32. The quantitative estimate of drug-likeness (QED) is 0.348. The number of rotatable bonds is 8. The van der Waals surface area contributed by atoms with Gasteiger partial charge in [-0.1, -0.05) is 24.3 Å². The van der Waals surface area contributed by atoms with Crippen LogP contribution in [0.15, 0.2) is 59.3 Å². The van der Waals surface area contributed by atoms with Crippen molar-refractivity contribution in [2.45, 2.75) is 31.6 Å². The highest BCUT2D eigenvalue weighted by Gasteiger charge is 2.44. The zero-order chi connectivity index (χ0) is 25.8. The monoisotopic (exact) mass is 539 g/mol. The van der Waals surface area contributed by atoms with Gasteiger partial charge in [0.25, 0.3) is 11.6 Å². The highest BCUT2D eigenvalue weighted by Crippen LogP contribution is 2.30. The van der Waals surface area contributed by atoms with E-state index in [0.717, 1.165) is 18.7 Å². The zero-order valence-electron chi connectivity index (χ0n) is 20.3. The molecule has 5 rings (SSSR count). The molecule has 2 atom stereocenters. The van der Waals surface area contributed by atoms with Gasteiger partial charge >= 0.3 is 0 Å². The number of piperazine rings is 1.